The van der Waals surface area contributed by atoms with Crippen LogP contribution in [0.5, 0.6) is 0 Å². The molecule has 4 heteroatoms. The maximum absolute atomic E-state index is 13.2. The number of aryl methyl sites for hydroxylation is 1. The topological polar surface area (TPSA) is 15.3 Å². The van der Waals surface area contributed by atoms with E-state index in [9.17, 15) is 4.39 Å². The van der Waals surface area contributed by atoms with Crippen LogP contribution < -0.4 is 5.32 Å². The minimum absolute atomic E-state index is 0. The Morgan fingerprint density at radius 2 is 2.24 bits per heavy atom. The molecule has 2 nitrogen and oxygen atoms in total. The fourth-order valence-electron chi connectivity index (χ4n) is 2.15. The Bertz CT molecular complexity index is 370. The lowest BCUT2D eigenvalue weighted by atomic mass is 10.1. The molecule has 1 aliphatic rings. The molecule has 17 heavy (non-hydrogen) atoms. The molecular formula is C13H20ClFN2. The summed E-state index contributed by atoms with van der Waals surface area (Å²) in [4.78, 5) is 2.40. The average Bonchev–Trinajstić information content (AvgIpc) is 2.27. The molecule has 1 unspecified atom stereocenters. The van der Waals surface area contributed by atoms with E-state index in [2.05, 4.69) is 17.1 Å². The number of halogens is 2. The third kappa shape index (κ3) is 3.66. The Morgan fingerprint density at radius 1 is 1.47 bits per heavy atom. The molecule has 0 aromatic heterocycles. The van der Waals surface area contributed by atoms with Crippen molar-refractivity contribution >= 4 is 12.4 Å². The number of benzene rings is 1. The van der Waals surface area contributed by atoms with Gasteiger partial charge in [-0.2, -0.15) is 0 Å². The summed E-state index contributed by atoms with van der Waals surface area (Å²) in [5.74, 6) is -0.136. The summed E-state index contributed by atoms with van der Waals surface area (Å²) in [5, 5.41) is 3.36. The van der Waals surface area contributed by atoms with Gasteiger partial charge in [0.15, 0.2) is 0 Å². The predicted octanol–water partition coefficient (Wildman–Crippen LogP) is 2.35. The average molecular weight is 259 g/mol. The summed E-state index contributed by atoms with van der Waals surface area (Å²) in [5.41, 5.74) is 2.28. The van der Waals surface area contributed by atoms with Gasteiger partial charge in [-0.25, -0.2) is 4.39 Å². The molecule has 1 aromatic carbocycles. The number of nitrogens with one attached hydrogen (secondary N) is 1. The summed E-state index contributed by atoms with van der Waals surface area (Å²) in [6.45, 7) is 8.19. The SMILES string of the molecule is Cc1ccc(F)cc1CN1CCNCC1C.Cl. The quantitative estimate of drug-likeness (QED) is 0.876. The highest BCUT2D eigenvalue weighted by atomic mass is 35.5. The zero-order valence-electron chi connectivity index (χ0n) is 10.4. The van der Waals surface area contributed by atoms with E-state index in [0.29, 0.717) is 6.04 Å². The van der Waals surface area contributed by atoms with Crippen LogP contribution in [0.15, 0.2) is 18.2 Å². The van der Waals surface area contributed by atoms with Crippen LogP contribution >= 0.6 is 12.4 Å². The van der Waals surface area contributed by atoms with Gasteiger partial charge in [-0.3, -0.25) is 4.90 Å². The Balaban J connectivity index is 0.00000144. The molecule has 0 radical (unpaired) electrons. The van der Waals surface area contributed by atoms with Crippen molar-refractivity contribution in [3.05, 3.63) is 35.1 Å². The molecular weight excluding hydrogens is 239 g/mol. The third-order valence-corrected chi connectivity index (χ3v) is 3.32. The molecule has 1 aromatic rings. The lowest BCUT2D eigenvalue weighted by molar-refractivity contribution is 0.165. The lowest BCUT2D eigenvalue weighted by Gasteiger charge is -2.34. The van der Waals surface area contributed by atoms with Crippen LogP contribution in [0.4, 0.5) is 4.39 Å². The fourth-order valence-corrected chi connectivity index (χ4v) is 2.15. The molecule has 0 spiro atoms. The largest absolute Gasteiger partial charge is 0.314 e. The highest BCUT2D eigenvalue weighted by Crippen LogP contribution is 2.15. The minimum atomic E-state index is -0.136. The van der Waals surface area contributed by atoms with Gasteiger partial charge in [0, 0.05) is 32.2 Å². The fraction of sp³-hybridized carbons (Fsp3) is 0.538. The van der Waals surface area contributed by atoms with Gasteiger partial charge >= 0.3 is 0 Å². The molecule has 1 aliphatic heterocycles. The van der Waals surface area contributed by atoms with Gasteiger partial charge in [0.1, 0.15) is 5.82 Å². The first-order chi connectivity index (χ1) is 7.66. The van der Waals surface area contributed by atoms with Gasteiger partial charge in [0.05, 0.1) is 0 Å². The van der Waals surface area contributed by atoms with Crippen molar-refractivity contribution in [2.45, 2.75) is 26.4 Å². The molecule has 0 aliphatic carbocycles. The maximum Gasteiger partial charge on any atom is 0.123 e. The van der Waals surface area contributed by atoms with Crippen LogP contribution in [0.25, 0.3) is 0 Å². The van der Waals surface area contributed by atoms with E-state index in [-0.39, 0.29) is 18.2 Å². The van der Waals surface area contributed by atoms with Crippen LogP contribution in [0.3, 0.4) is 0 Å². The first kappa shape index (κ1) is 14.4. The van der Waals surface area contributed by atoms with Crippen LogP contribution in [-0.4, -0.2) is 30.6 Å². The second-order valence-electron chi connectivity index (χ2n) is 4.59. The van der Waals surface area contributed by atoms with Crippen molar-refractivity contribution in [1.82, 2.24) is 10.2 Å². The first-order valence-electron chi connectivity index (χ1n) is 5.86. The Morgan fingerprint density at radius 3 is 2.94 bits per heavy atom. The summed E-state index contributed by atoms with van der Waals surface area (Å²) in [7, 11) is 0. The molecule has 1 fully saturated rings. The van der Waals surface area contributed by atoms with Gasteiger partial charge < -0.3 is 5.32 Å². The smallest absolute Gasteiger partial charge is 0.123 e. The highest BCUT2D eigenvalue weighted by molar-refractivity contribution is 5.85. The number of hydrogen-bond donors (Lipinski definition) is 1. The van der Waals surface area contributed by atoms with Gasteiger partial charge in [-0.15, -0.1) is 12.4 Å². The van der Waals surface area contributed by atoms with Crippen molar-refractivity contribution in [3.8, 4) is 0 Å². The summed E-state index contributed by atoms with van der Waals surface area (Å²) in [6, 6.07) is 5.57. The lowest BCUT2D eigenvalue weighted by Crippen LogP contribution is -2.49. The Hall–Kier alpha value is -0.640. The zero-order chi connectivity index (χ0) is 11.5. The maximum atomic E-state index is 13.2. The van der Waals surface area contributed by atoms with Crippen molar-refractivity contribution in [1.29, 1.82) is 0 Å². The summed E-state index contributed by atoms with van der Waals surface area (Å²) >= 11 is 0. The third-order valence-electron chi connectivity index (χ3n) is 3.32. The monoisotopic (exact) mass is 258 g/mol. The van der Waals surface area contributed by atoms with E-state index in [0.717, 1.165) is 31.7 Å². The standard InChI is InChI=1S/C13H19FN2.ClH/c1-10-3-4-13(14)7-12(10)9-16-6-5-15-8-11(16)2;/h3-4,7,11,15H,5-6,8-9H2,1-2H3;1H. The van der Waals surface area contributed by atoms with E-state index < -0.39 is 0 Å². The summed E-state index contributed by atoms with van der Waals surface area (Å²) < 4.78 is 13.2. The number of hydrogen-bond acceptors (Lipinski definition) is 2. The van der Waals surface area contributed by atoms with Gasteiger partial charge in [-0.1, -0.05) is 6.07 Å². The van der Waals surface area contributed by atoms with Crippen LogP contribution in [0.1, 0.15) is 18.1 Å². The Kier molecular flexibility index (Phi) is 5.37. The zero-order valence-corrected chi connectivity index (χ0v) is 11.2. The molecule has 1 N–H and O–H groups in total. The molecule has 0 bridgehead atoms. The van der Waals surface area contributed by atoms with Gasteiger partial charge in [0.25, 0.3) is 0 Å². The van der Waals surface area contributed by atoms with E-state index in [4.69, 9.17) is 0 Å². The van der Waals surface area contributed by atoms with E-state index >= 15 is 0 Å². The minimum Gasteiger partial charge on any atom is -0.314 e. The molecule has 2 rings (SSSR count). The highest BCUT2D eigenvalue weighted by Gasteiger charge is 2.18. The van der Waals surface area contributed by atoms with Crippen LogP contribution in [-0.2, 0) is 6.54 Å². The number of nitrogens with zero attached hydrogens (tertiary/aromatic N) is 1. The van der Waals surface area contributed by atoms with Crippen LogP contribution in [0, 0.1) is 12.7 Å². The molecule has 0 saturated carbocycles. The molecule has 96 valence electrons. The normalized spacial score (nSPS) is 21.0. The molecule has 1 heterocycles. The second kappa shape index (κ2) is 6.34. The number of piperazine rings is 1. The number of rotatable bonds is 2. The van der Waals surface area contributed by atoms with Crippen molar-refractivity contribution in [2.75, 3.05) is 19.6 Å². The summed E-state index contributed by atoms with van der Waals surface area (Å²) in [6.07, 6.45) is 0. The molecule has 1 saturated heterocycles. The van der Waals surface area contributed by atoms with E-state index in [1.807, 2.05) is 13.0 Å². The van der Waals surface area contributed by atoms with Crippen LogP contribution in [0.2, 0.25) is 0 Å². The first-order valence-corrected chi connectivity index (χ1v) is 5.86. The van der Waals surface area contributed by atoms with Crippen molar-refractivity contribution < 1.29 is 4.39 Å². The second-order valence-corrected chi connectivity index (χ2v) is 4.59. The molecule has 1 atom stereocenters. The van der Waals surface area contributed by atoms with Gasteiger partial charge in [0.2, 0.25) is 0 Å². The van der Waals surface area contributed by atoms with Gasteiger partial charge in [-0.05, 0) is 37.1 Å². The van der Waals surface area contributed by atoms with Crippen molar-refractivity contribution in [2.24, 2.45) is 0 Å². The van der Waals surface area contributed by atoms with E-state index in [1.54, 1.807) is 6.07 Å². The molecule has 0 amide bonds. The van der Waals surface area contributed by atoms with Crippen molar-refractivity contribution in [3.63, 3.8) is 0 Å². The predicted molar refractivity (Wildman–Crippen MR) is 71.1 cm³/mol. The Labute approximate surface area is 109 Å². The van der Waals surface area contributed by atoms with E-state index in [1.165, 1.54) is 11.6 Å².